The van der Waals surface area contributed by atoms with Gasteiger partial charge in [0.15, 0.2) is 0 Å². The fourth-order valence-corrected chi connectivity index (χ4v) is 2.67. The van der Waals surface area contributed by atoms with E-state index in [-0.39, 0.29) is 11.5 Å². The summed E-state index contributed by atoms with van der Waals surface area (Å²) in [4.78, 5) is 0. The van der Waals surface area contributed by atoms with Crippen molar-refractivity contribution in [1.29, 1.82) is 0 Å². The number of ether oxygens (including phenoxy) is 1. The van der Waals surface area contributed by atoms with Gasteiger partial charge in [-0.15, -0.1) is 0 Å². The van der Waals surface area contributed by atoms with Gasteiger partial charge >= 0.3 is 10.1 Å². The molecule has 0 saturated carbocycles. The van der Waals surface area contributed by atoms with Crippen LogP contribution in [-0.4, -0.2) is 15.5 Å². The molecule has 0 aliphatic carbocycles. The smallest absolute Gasteiger partial charge is 0.313 e. The Hall–Kier alpha value is -2.08. The van der Waals surface area contributed by atoms with Gasteiger partial charge in [-0.2, -0.15) is 8.42 Å². The molecule has 0 aliphatic rings. The molecule has 106 valence electrons. The van der Waals surface area contributed by atoms with E-state index in [9.17, 15) is 12.8 Å². The van der Waals surface area contributed by atoms with E-state index in [1.807, 2.05) is 0 Å². The van der Waals surface area contributed by atoms with Gasteiger partial charge in [-0.1, -0.05) is 18.2 Å². The summed E-state index contributed by atoms with van der Waals surface area (Å²) in [5.41, 5.74) is 0.453. The molecule has 2 aromatic rings. The molecule has 0 spiro atoms. The van der Waals surface area contributed by atoms with Gasteiger partial charge in [0, 0.05) is 6.07 Å². The maximum Gasteiger partial charge on any atom is 0.313 e. The summed E-state index contributed by atoms with van der Waals surface area (Å²) in [6.45, 7) is 0. The fraction of sp³-hybridized carbons (Fsp3) is 0.143. The van der Waals surface area contributed by atoms with E-state index in [0.29, 0.717) is 11.3 Å². The van der Waals surface area contributed by atoms with E-state index in [1.54, 1.807) is 12.1 Å². The second kappa shape index (κ2) is 5.92. The molecule has 2 rings (SSSR count). The van der Waals surface area contributed by atoms with Crippen molar-refractivity contribution in [2.75, 3.05) is 7.11 Å². The first-order chi connectivity index (χ1) is 9.48. The number of hydrogen-bond acceptors (Lipinski definition) is 4. The summed E-state index contributed by atoms with van der Waals surface area (Å²) in [5, 5.41) is 0. The zero-order valence-corrected chi connectivity index (χ0v) is 11.6. The first-order valence-corrected chi connectivity index (χ1v) is 7.37. The summed E-state index contributed by atoms with van der Waals surface area (Å²) in [6, 6.07) is 11.5. The second-order valence-corrected chi connectivity index (χ2v) is 5.66. The van der Waals surface area contributed by atoms with Gasteiger partial charge in [-0.25, -0.2) is 4.39 Å². The number of methoxy groups -OCH3 is 1. The predicted molar refractivity (Wildman–Crippen MR) is 72.6 cm³/mol. The van der Waals surface area contributed by atoms with E-state index in [4.69, 9.17) is 8.92 Å². The molecule has 0 aliphatic heterocycles. The number of benzene rings is 2. The third-order valence-corrected chi connectivity index (χ3v) is 3.65. The van der Waals surface area contributed by atoms with Gasteiger partial charge in [0.2, 0.25) is 0 Å². The monoisotopic (exact) mass is 296 g/mol. The van der Waals surface area contributed by atoms with Gasteiger partial charge in [0.1, 0.15) is 23.1 Å². The van der Waals surface area contributed by atoms with Crippen LogP contribution in [0.5, 0.6) is 11.5 Å². The van der Waals surface area contributed by atoms with E-state index in [1.165, 1.54) is 43.5 Å². The lowest BCUT2D eigenvalue weighted by atomic mass is 10.2. The Morgan fingerprint density at radius 1 is 1.05 bits per heavy atom. The summed E-state index contributed by atoms with van der Waals surface area (Å²) in [6.07, 6.45) is 0. The number of halogens is 1. The Labute approximate surface area is 116 Å². The van der Waals surface area contributed by atoms with Crippen molar-refractivity contribution in [3.63, 3.8) is 0 Å². The third-order valence-electron chi connectivity index (χ3n) is 2.52. The van der Waals surface area contributed by atoms with E-state index >= 15 is 0 Å². The Morgan fingerprint density at radius 2 is 1.70 bits per heavy atom. The summed E-state index contributed by atoms with van der Waals surface area (Å²) in [5.74, 6) is -0.0735. The minimum Gasteiger partial charge on any atom is -0.497 e. The van der Waals surface area contributed by atoms with Crippen LogP contribution < -0.4 is 8.92 Å². The molecule has 0 heterocycles. The molecule has 6 heteroatoms. The SMILES string of the molecule is COc1cccc(OS(=O)(=O)Cc2ccc(F)cc2)c1. The number of rotatable bonds is 5. The molecule has 0 bridgehead atoms. The normalized spacial score (nSPS) is 11.1. The van der Waals surface area contributed by atoms with E-state index in [0.717, 1.165) is 0 Å². The Bertz CT molecular complexity index is 681. The quantitative estimate of drug-likeness (QED) is 0.796. The van der Waals surface area contributed by atoms with Crippen molar-refractivity contribution in [3.8, 4) is 11.5 Å². The van der Waals surface area contributed by atoms with Crippen LogP contribution in [0.3, 0.4) is 0 Å². The van der Waals surface area contributed by atoms with Crippen LogP contribution in [0.25, 0.3) is 0 Å². The van der Waals surface area contributed by atoms with E-state index in [2.05, 4.69) is 0 Å². The topological polar surface area (TPSA) is 52.6 Å². The largest absolute Gasteiger partial charge is 0.497 e. The molecule has 4 nitrogen and oxygen atoms in total. The Kier molecular flexibility index (Phi) is 4.24. The lowest BCUT2D eigenvalue weighted by molar-refractivity contribution is 0.411. The average molecular weight is 296 g/mol. The van der Waals surface area contributed by atoms with Crippen molar-refractivity contribution < 1.29 is 21.7 Å². The average Bonchev–Trinajstić information content (AvgIpc) is 2.41. The van der Waals surface area contributed by atoms with Gasteiger partial charge in [-0.3, -0.25) is 0 Å². The van der Waals surface area contributed by atoms with Crippen LogP contribution in [-0.2, 0) is 15.9 Å². The maximum atomic E-state index is 12.8. The van der Waals surface area contributed by atoms with Crippen molar-refractivity contribution in [3.05, 3.63) is 59.9 Å². The van der Waals surface area contributed by atoms with Gasteiger partial charge < -0.3 is 8.92 Å². The molecule has 0 N–H and O–H groups in total. The molecule has 0 fully saturated rings. The molecule has 0 saturated heterocycles. The molecule has 2 aromatic carbocycles. The van der Waals surface area contributed by atoms with Gasteiger partial charge in [0.05, 0.1) is 7.11 Å². The van der Waals surface area contributed by atoms with Crippen molar-refractivity contribution in [1.82, 2.24) is 0 Å². The highest BCUT2D eigenvalue weighted by molar-refractivity contribution is 7.86. The molecular formula is C14H13FO4S. The van der Waals surface area contributed by atoms with Crippen molar-refractivity contribution >= 4 is 10.1 Å². The van der Waals surface area contributed by atoms with Gasteiger partial charge in [0.25, 0.3) is 0 Å². The second-order valence-electron chi connectivity index (χ2n) is 4.09. The first-order valence-electron chi connectivity index (χ1n) is 5.79. The van der Waals surface area contributed by atoms with Crippen LogP contribution in [0.15, 0.2) is 48.5 Å². The zero-order valence-electron chi connectivity index (χ0n) is 10.7. The highest BCUT2D eigenvalue weighted by atomic mass is 32.2. The summed E-state index contributed by atoms with van der Waals surface area (Å²) < 4.78 is 46.5. The van der Waals surface area contributed by atoms with Crippen LogP contribution in [0, 0.1) is 5.82 Å². The van der Waals surface area contributed by atoms with Crippen molar-refractivity contribution in [2.24, 2.45) is 0 Å². The Balaban J connectivity index is 2.12. The molecule has 0 amide bonds. The summed E-state index contributed by atoms with van der Waals surface area (Å²) >= 11 is 0. The molecule has 0 aromatic heterocycles. The van der Waals surface area contributed by atoms with Crippen molar-refractivity contribution in [2.45, 2.75) is 5.75 Å². The summed E-state index contributed by atoms with van der Waals surface area (Å²) in [7, 11) is -2.33. The third kappa shape index (κ3) is 3.96. The lowest BCUT2D eigenvalue weighted by Gasteiger charge is -2.08. The van der Waals surface area contributed by atoms with Crippen LogP contribution in [0.2, 0.25) is 0 Å². The molecule has 20 heavy (non-hydrogen) atoms. The van der Waals surface area contributed by atoms with E-state index < -0.39 is 15.9 Å². The van der Waals surface area contributed by atoms with Crippen LogP contribution in [0.4, 0.5) is 4.39 Å². The molecule has 0 radical (unpaired) electrons. The minimum absolute atomic E-state index is 0.173. The minimum atomic E-state index is -3.80. The zero-order chi connectivity index (χ0) is 14.6. The Morgan fingerprint density at radius 3 is 2.35 bits per heavy atom. The number of hydrogen-bond donors (Lipinski definition) is 0. The lowest BCUT2D eigenvalue weighted by Crippen LogP contribution is -2.12. The molecule has 0 unspecified atom stereocenters. The molecule has 0 atom stereocenters. The fourth-order valence-electron chi connectivity index (χ4n) is 1.61. The van der Waals surface area contributed by atoms with Gasteiger partial charge in [-0.05, 0) is 29.8 Å². The maximum absolute atomic E-state index is 12.8. The highest BCUT2D eigenvalue weighted by Crippen LogP contribution is 2.21. The standard InChI is InChI=1S/C14H13FO4S/c1-18-13-3-2-4-14(9-13)19-20(16,17)10-11-5-7-12(15)8-6-11/h2-9H,10H2,1H3. The van der Waals surface area contributed by atoms with Crippen LogP contribution in [0.1, 0.15) is 5.56 Å². The molecular weight excluding hydrogens is 283 g/mol. The predicted octanol–water partition coefficient (Wildman–Crippen LogP) is 2.74. The van der Waals surface area contributed by atoms with Crippen LogP contribution >= 0.6 is 0 Å². The highest BCUT2D eigenvalue weighted by Gasteiger charge is 2.14. The first kappa shape index (κ1) is 14.3.